The van der Waals surface area contributed by atoms with Gasteiger partial charge in [0.2, 0.25) is 0 Å². The number of amides is 2. The number of aliphatic carboxylic acids is 1. The first-order valence-electron chi connectivity index (χ1n) is 5.68. The van der Waals surface area contributed by atoms with Crippen LogP contribution in [0.1, 0.15) is 6.42 Å². The van der Waals surface area contributed by atoms with Crippen LogP contribution in [0.4, 0.5) is 10.5 Å². The summed E-state index contributed by atoms with van der Waals surface area (Å²) in [6.07, 6.45) is 0.0986. The van der Waals surface area contributed by atoms with Gasteiger partial charge in [-0.1, -0.05) is 27.5 Å². The number of hydrogen-bond acceptors (Lipinski definition) is 2. The van der Waals surface area contributed by atoms with Gasteiger partial charge in [0.05, 0.1) is 17.1 Å². The lowest BCUT2D eigenvalue weighted by Gasteiger charge is -2.38. The molecule has 102 valence electrons. The Labute approximate surface area is 123 Å². The van der Waals surface area contributed by atoms with Crippen molar-refractivity contribution in [3.8, 4) is 0 Å². The maximum absolute atomic E-state index is 11.9. The maximum atomic E-state index is 11.9. The van der Waals surface area contributed by atoms with Crippen molar-refractivity contribution >= 4 is 45.2 Å². The molecule has 0 aromatic heterocycles. The number of urea groups is 1. The first-order chi connectivity index (χ1) is 8.95. The van der Waals surface area contributed by atoms with Gasteiger partial charge in [-0.25, -0.2) is 4.79 Å². The van der Waals surface area contributed by atoms with Gasteiger partial charge >= 0.3 is 12.0 Å². The third-order valence-electron chi connectivity index (χ3n) is 2.88. The van der Waals surface area contributed by atoms with Crippen LogP contribution in [0.5, 0.6) is 0 Å². The molecule has 1 fully saturated rings. The molecule has 1 aliphatic heterocycles. The van der Waals surface area contributed by atoms with Gasteiger partial charge in [-0.15, -0.1) is 0 Å². The summed E-state index contributed by atoms with van der Waals surface area (Å²) in [7, 11) is 0. The third-order valence-corrected chi connectivity index (χ3v) is 3.70. The van der Waals surface area contributed by atoms with E-state index in [1.54, 1.807) is 23.1 Å². The van der Waals surface area contributed by atoms with Gasteiger partial charge in [-0.3, -0.25) is 4.79 Å². The largest absolute Gasteiger partial charge is 0.481 e. The average molecular weight is 348 g/mol. The van der Waals surface area contributed by atoms with Gasteiger partial charge in [0.15, 0.2) is 0 Å². The van der Waals surface area contributed by atoms with Crippen LogP contribution >= 0.6 is 27.5 Å². The number of anilines is 1. The third kappa shape index (κ3) is 3.61. The molecule has 0 radical (unpaired) electrons. The fraction of sp³-hybridized carbons (Fsp3) is 0.333. The van der Waals surface area contributed by atoms with Gasteiger partial charge in [-0.05, 0) is 18.2 Å². The Kier molecular flexibility index (Phi) is 4.31. The minimum Gasteiger partial charge on any atom is -0.481 e. The van der Waals surface area contributed by atoms with E-state index in [2.05, 4.69) is 21.2 Å². The number of nitrogens with one attached hydrogen (secondary N) is 1. The first kappa shape index (κ1) is 14.1. The highest BCUT2D eigenvalue weighted by Gasteiger charge is 2.32. The maximum Gasteiger partial charge on any atom is 0.321 e. The second kappa shape index (κ2) is 5.79. The topological polar surface area (TPSA) is 69.6 Å². The number of carboxylic acids is 1. The lowest BCUT2D eigenvalue weighted by atomic mass is 9.97. The summed E-state index contributed by atoms with van der Waals surface area (Å²) in [6, 6.07) is 4.92. The summed E-state index contributed by atoms with van der Waals surface area (Å²) in [5.74, 6) is -0.790. The van der Waals surface area contributed by atoms with E-state index in [1.807, 2.05) is 0 Å². The zero-order valence-corrected chi connectivity index (χ0v) is 12.2. The highest BCUT2D eigenvalue weighted by atomic mass is 79.9. The summed E-state index contributed by atoms with van der Waals surface area (Å²) >= 11 is 9.27. The number of carbonyl (C=O) groups is 2. The van der Waals surface area contributed by atoms with Gasteiger partial charge < -0.3 is 15.3 Å². The molecule has 1 aliphatic rings. The number of carbonyl (C=O) groups excluding carboxylic acids is 1. The number of rotatable bonds is 3. The Bertz CT molecular complexity index is 518. The van der Waals surface area contributed by atoms with E-state index < -0.39 is 5.97 Å². The Hall–Kier alpha value is -1.27. The van der Waals surface area contributed by atoms with E-state index in [1.165, 1.54) is 0 Å². The molecule has 2 amide bonds. The van der Waals surface area contributed by atoms with Gasteiger partial charge in [-0.2, -0.15) is 0 Å². The molecule has 0 unspecified atom stereocenters. The Balaban J connectivity index is 1.89. The van der Waals surface area contributed by atoms with E-state index in [-0.39, 0.29) is 18.4 Å². The summed E-state index contributed by atoms with van der Waals surface area (Å²) < 4.78 is 0.819. The molecule has 0 bridgehead atoms. The number of benzene rings is 1. The van der Waals surface area contributed by atoms with Crippen LogP contribution in [-0.4, -0.2) is 35.1 Å². The van der Waals surface area contributed by atoms with E-state index in [0.717, 1.165) is 4.47 Å². The second-order valence-corrected chi connectivity index (χ2v) is 5.75. The van der Waals surface area contributed by atoms with Crippen LogP contribution in [-0.2, 0) is 4.79 Å². The predicted molar refractivity (Wildman–Crippen MR) is 75.5 cm³/mol. The smallest absolute Gasteiger partial charge is 0.321 e. The monoisotopic (exact) mass is 346 g/mol. The molecule has 1 aromatic rings. The number of halogens is 2. The number of hydrogen-bond donors (Lipinski definition) is 2. The quantitative estimate of drug-likeness (QED) is 0.883. The fourth-order valence-electron chi connectivity index (χ4n) is 1.90. The molecule has 19 heavy (non-hydrogen) atoms. The molecule has 0 saturated carbocycles. The Morgan fingerprint density at radius 3 is 2.79 bits per heavy atom. The van der Waals surface area contributed by atoms with Crippen molar-refractivity contribution in [3.63, 3.8) is 0 Å². The molecule has 2 rings (SSSR count). The Morgan fingerprint density at radius 1 is 1.47 bits per heavy atom. The SMILES string of the molecule is O=C(O)CC1CN(C(=O)Nc2cc(Br)ccc2Cl)C1. The van der Waals surface area contributed by atoms with Crippen LogP contribution in [0.15, 0.2) is 22.7 Å². The zero-order valence-electron chi connectivity index (χ0n) is 9.90. The molecule has 1 aromatic carbocycles. The van der Waals surface area contributed by atoms with Crippen LogP contribution in [0.2, 0.25) is 5.02 Å². The molecule has 0 atom stereocenters. The second-order valence-electron chi connectivity index (χ2n) is 4.42. The van der Waals surface area contributed by atoms with Crippen molar-refractivity contribution in [2.24, 2.45) is 5.92 Å². The van der Waals surface area contributed by atoms with Crippen molar-refractivity contribution in [3.05, 3.63) is 27.7 Å². The number of nitrogens with zero attached hydrogens (tertiary/aromatic N) is 1. The minimum atomic E-state index is -0.833. The molecular formula is C12H12BrClN2O3. The lowest BCUT2D eigenvalue weighted by molar-refractivity contribution is -0.139. The minimum absolute atomic E-state index is 0.0428. The van der Waals surface area contributed by atoms with Crippen molar-refractivity contribution in [1.29, 1.82) is 0 Å². The average Bonchev–Trinajstić information content (AvgIpc) is 2.27. The highest BCUT2D eigenvalue weighted by molar-refractivity contribution is 9.10. The van der Waals surface area contributed by atoms with E-state index in [9.17, 15) is 9.59 Å². The lowest BCUT2D eigenvalue weighted by Crippen LogP contribution is -2.52. The molecule has 5 nitrogen and oxygen atoms in total. The molecule has 1 heterocycles. The fourth-order valence-corrected chi connectivity index (χ4v) is 2.43. The number of carboxylic acid groups (broad SMARTS) is 1. The van der Waals surface area contributed by atoms with Gasteiger partial charge in [0, 0.05) is 23.5 Å². The summed E-state index contributed by atoms with van der Waals surface area (Å²) in [6.45, 7) is 0.924. The van der Waals surface area contributed by atoms with Gasteiger partial charge in [0.25, 0.3) is 0 Å². The standard InChI is InChI=1S/C12H12BrClN2O3/c13-8-1-2-9(14)10(4-8)15-12(19)16-5-7(6-16)3-11(17)18/h1-2,4,7H,3,5-6H2,(H,15,19)(H,17,18). The molecule has 1 saturated heterocycles. The molecule has 0 aliphatic carbocycles. The summed E-state index contributed by atoms with van der Waals surface area (Å²) in [5, 5.41) is 11.8. The normalized spacial score (nSPS) is 14.9. The molecule has 2 N–H and O–H groups in total. The van der Waals surface area contributed by atoms with E-state index in [0.29, 0.717) is 23.8 Å². The van der Waals surface area contributed by atoms with Crippen LogP contribution in [0.3, 0.4) is 0 Å². The molecular weight excluding hydrogens is 336 g/mol. The summed E-state index contributed by atoms with van der Waals surface area (Å²) in [5.41, 5.74) is 0.530. The molecule has 0 spiro atoms. The number of likely N-dealkylation sites (tertiary alicyclic amines) is 1. The first-order valence-corrected chi connectivity index (χ1v) is 6.85. The summed E-state index contributed by atoms with van der Waals surface area (Å²) in [4.78, 5) is 24.0. The highest BCUT2D eigenvalue weighted by Crippen LogP contribution is 2.27. The van der Waals surface area contributed by atoms with E-state index >= 15 is 0 Å². The van der Waals surface area contributed by atoms with E-state index in [4.69, 9.17) is 16.7 Å². The van der Waals surface area contributed by atoms with Crippen LogP contribution in [0, 0.1) is 5.92 Å². The van der Waals surface area contributed by atoms with Crippen molar-refractivity contribution in [2.45, 2.75) is 6.42 Å². The predicted octanol–water partition coefficient (Wildman–Crippen LogP) is 3.04. The molecule has 7 heteroatoms. The van der Waals surface area contributed by atoms with Crippen molar-refractivity contribution in [1.82, 2.24) is 4.90 Å². The van der Waals surface area contributed by atoms with Crippen molar-refractivity contribution < 1.29 is 14.7 Å². The van der Waals surface area contributed by atoms with Crippen LogP contribution < -0.4 is 5.32 Å². The zero-order chi connectivity index (χ0) is 14.0. The van der Waals surface area contributed by atoms with Crippen LogP contribution in [0.25, 0.3) is 0 Å². The van der Waals surface area contributed by atoms with Crippen molar-refractivity contribution in [2.75, 3.05) is 18.4 Å². The Morgan fingerprint density at radius 2 is 2.16 bits per heavy atom. The van der Waals surface area contributed by atoms with Gasteiger partial charge in [0.1, 0.15) is 0 Å².